The van der Waals surface area contributed by atoms with Crippen molar-refractivity contribution >= 4 is 17.8 Å². The monoisotopic (exact) mass is 345 g/mol. The lowest BCUT2D eigenvalue weighted by Crippen LogP contribution is -2.32. The molecule has 1 heterocycles. The van der Waals surface area contributed by atoms with E-state index in [2.05, 4.69) is 29.8 Å². The summed E-state index contributed by atoms with van der Waals surface area (Å²) in [5, 5.41) is 10.5. The van der Waals surface area contributed by atoms with E-state index in [0.717, 1.165) is 36.6 Å². The van der Waals surface area contributed by atoms with Crippen LogP contribution in [0.5, 0.6) is 0 Å². The third-order valence-corrected chi connectivity index (χ3v) is 4.96. The highest BCUT2D eigenvalue weighted by molar-refractivity contribution is 6.31. The zero-order valence-electron chi connectivity index (χ0n) is 14.8. The van der Waals surface area contributed by atoms with Crippen LogP contribution in [0.3, 0.4) is 0 Å². The number of nitrogens with zero attached hydrogens (tertiary/aromatic N) is 3. The van der Waals surface area contributed by atoms with Crippen molar-refractivity contribution in [3.63, 3.8) is 0 Å². The summed E-state index contributed by atoms with van der Waals surface area (Å²) in [4.78, 5) is 7.04. The zero-order valence-corrected chi connectivity index (χ0v) is 15.5. The molecule has 24 heavy (non-hydrogen) atoms. The molecule has 1 saturated heterocycles. The van der Waals surface area contributed by atoms with Crippen molar-refractivity contribution in [3.05, 3.63) is 34.9 Å². The first-order valence-corrected chi connectivity index (χ1v) is 9.39. The molecular formula is C20H28ClN3. The number of piperidine rings is 1. The van der Waals surface area contributed by atoms with Crippen LogP contribution in [0.15, 0.2) is 29.3 Å². The first kappa shape index (κ1) is 19.0. The van der Waals surface area contributed by atoms with Crippen molar-refractivity contribution in [3.8, 4) is 6.07 Å². The summed E-state index contributed by atoms with van der Waals surface area (Å²) in [5.74, 6) is -0.148. The van der Waals surface area contributed by atoms with Crippen molar-refractivity contribution in [2.75, 3.05) is 19.6 Å². The van der Waals surface area contributed by atoms with E-state index in [4.69, 9.17) is 11.6 Å². The fourth-order valence-corrected chi connectivity index (χ4v) is 3.50. The predicted molar refractivity (Wildman–Crippen MR) is 102 cm³/mol. The van der Waals surface area contributed by atoms with Crippen molar-refractivity contribution in [1.29, 1.82) is 5.26 Å². The summed E-state index contributed by atoms with van der Waals surface area (Å²) in [7, 11) is 0. The van der Waals surface area contributed by atoms with E-state index in [1.165, 1.54) is 19.3 Å². The number of hydrogen-bond acceptors (Lipinski definition) is 3. The second-order valence-corrected chi connectivity index (χ2v) is 7.27. The lowest BCUT2D eigenvalue weighted by Gasteiger charge is -2.28. The first-order valence-electron chi connectivity index (χ1n) is 9.01. The Bertz CT molecular complexity index is 570. The van der Waals surface area contributed by atoms with Crippen LogP contribution >= 0.6 is 11.6 Å². The fraction of sp³-hybridized carbons (Fsp3) is 0.600. The molecule has 0 radical (unpaired) electrons. The number of nitriles is 1. The molecule has 2 rings (SSSR count). The zero-order chi connectivity index (χ0) is 17.4. The number of rotatable bonds is 7. The minimum atomic E-state index is -0.102. The molecule has 1 aromatic rings. The van der Waals surface area contributed by atoms with Crippen LogP contribution in [-0.4, -0.2) is 36.8 Å². The van der Waals surface area contributed by atoms with Crippen LogP contribution in [0.4, 0.5) is 0 Å². The molecule has 0 aromatic heterocycles. The SMILES string of the molecule is CC(C)N=CC(c1ccccc1Cl)C(C#N)CCN1CCCCC1. The molecule has 0 aliphatic carbocycles. The molecule has 0 bridgehead atoms. The number of likely N-dealkylation sites (tertiary alicyclic amines) is 1. The van der Waals surface area contributed by atoms with Gasteiger partial charge in [0.05, 0.1) is 12.0 Å². The molecule has 0 N–H and O–H groups in total. The van der Waals surface area contributed by atoms with Gasteiger partial charge in [0, 0.05) is 23.2 Å². The highest BCUT2D eigenvalue weighted by atomic mass is 35.5. The van der Waals surface area contributed by atoms with Crippen molar-refractivity contribution < 1.29 is 0 Å². The Morgan fingerprint density at radius 2 is 1.96 bits per heavy atom. The largest absolute Gasteiger partial charge is 0.303 e. The summed E-state index contributed by atoms with van der Waals surface area (Å²) in [6, 6.07) is 10.6. The molecule has 4 heteroatoms. The Kier molecular flexibility index (Phi) is 7.75. The molecule has 1 aliphatic heterocycles. The predicted octanol–water partition coefficient (Wildman–Crippen LogP) is 4.92. The Hall–Kier alpha value is -1.37. The van der Waals surface area contributed by atoms with E-state index in [-0.39, 0.29) is 17.9 Å². The maximum absolute atomic E-state index is 9.77. The number of benzene rings is 1. The van der Waals surface area contributed by atoms with E-state index < -0.39 is 0 Å². The average Bonchev–Trinajstić information content (AvgIpc) is 2.59. The van der Waals surface area contributed by atoms with Crippen molar-refractivity contribution in [1.82, 2.24) is 4.90 Å². The molecule has 2 atom stereocenters. The number of hydrogen-bond donors (Lipinski definition) is 0. The van der Waals surface area contributed by atoms with Gasteiger partial charge in [0.15, 0.2) is 0 Å². The van der Waals surface area contributed by atoms with Crippen LogP contribution in [0, 0.1) is 17.2 Å². The van der Waals surface area contributed by atoms with Gasteiger partial charge in [-0.2, -0.15) is 5.26 Å². The quantitative estimate of drug-likeness (QED) is 0.658. The summed E-state index contributed by atoms with van der Waals surface area (Å²) in [5.41, 5.74) is 1.01. The molecule has 2 unspecified atom stereocenters. The number of aliphatic imine (C=N–C) groups is 1. The standard InChI is InChI=1S/C20H28ClN3/c1-16(2)23-15-19(18-8-4-5-9-20(18)21)17(14-22)10-13-24-11-6-3-7-12-24/h4-5,8-9,15-17,19H,3,6-7,10-13H2,1-2H3. The highest BCUT2D eigenvalue weighted by Crippen LogP contribution is 2.31. The van der Waals surface area contributed by atoms with Crippen molar-refractivity contribution in [2.24, 2.45) is 10.9 Å². The normalized spacial score (nSPS) is 18.6. The van der Waals surface area contributed by atoms with Crippen LogP contribution in [0.2, 0.25) is 5.02 Å². The van der Waals surface area contributed by atoms with E-state index in [0.29, 0.717) is 0 Å². The molecule has 1 aliphatic rings. The molecular weight excluding hydrogens is 318 g/mol. The van der Waals surface area contributed by atoms with Gasteiger partial charge >= 0.3 is 0 Å². The van der Waals surface area contributed by atoms with Gasteiger partial charge in [-0.3, -0.25) is 4.99 Å². The van der Waals surface area contributed by atoms with E-state index in [1.807, 2.05) is 30.5 Å². The molecule has 0 amide bonds. The first-order chi connectivity index (χ1) is 11.6. The van der Waals surface area contributed by atoms with Gasteiger partial charge in [0.1, 0.15) is 0 Å². The minimum Gasteiger partial charge on any atom is -0.303 e. The third kappa shape index (κ3) is 5.61. The van der Waals surface area contributed by atoms with Gasteiger partial charge in [0.2, 0.25) is 0 Å². The van der Waals surface area contributed by atoms with Gasteiger partial charge < -0.3 is 4.90 Å². The van der Waals surface area contributed by atoms with Crippen molar-refractivity contribution in [2.45, 2.75) is 51.5 Å². The maximum Gasteiger partial charge on any atom is 0.0666 e. The average molecular weight is 346 g/mol. The minimum absolute atomic E-state index is 0.0455. The molecule has 0 saturated carbocycles. The second-order valence-electron chi connectivity index (χ2n) is 6.87. The van der Waals surface area contributed by atoms with Crippen LogP contribution in [0.1, 0.15) is 51.0 Å². The highest BCUT2D eigenvalue weighted by Gasteiger charge is 2.24. The summed E-state index contributed by atoms with van der Waals surface area (Å²) in [6.45, 7) is 7.41. The van der Waals surface area contributed by atoms with E-state index in [9.17, 15) is 5.26 Å². The van der Waals surface area contributed by atoms with E-state index >= 15 is 0 Å². The molecule has 1 fully saturated rings. The maximum atomic E-state index is 9.77. The summed E-state index contributed by atoms with van der Waals surface area (Å²) in [6.07, 6.45) is 6.69. The van der Waals surface area contributed by atoms with Gasteiger partial charge in [0.25, 0.3) is 0 Å². The van der Waals surface area contributed by atoms with Gasteiger partial charge in [-0.25, -0.2) is 0 Å². The molecule has 130 valence electrons. The lowest BCUT2D eigenvalue weighted by molar-refractivity contribution is 0.218. The van der Waals surface area contributed by atoms with E-state index in [1.54, 1.807) is 0 Å². The van der Waals surface area contributed by atoms with Gasteiger partial charge in [-0.05, 0) is 64.4 Å². The summed E-state index contributed by atoms with van der Waals surface area (Å²) < 4.78 is 0. The van der Waals surface area contributed by atoms with Crippen LogP contribution < -0.4 is 0 Å². The fourth-order valence-electron chi connectivity index (χ4n) is 3.24. The molecule has 0 spiro atoms. The molecule has 3 nitrogen and oxygen atoms in total. The Balaban J connectivity index is 2.13. The Morgan fingerprint density at radius 3 is 2.58 bits per heavy atom. The number of halogens is 1. The van der Waals surface area contributed by atoms with Gasteiger partial charge in [-0.1, -0.05) is 36.2 Å². The lowest BCUT2D eigenvalue weighted by atomic mass is 9.85. The second kappa shape index (κ2) is 9.81. The van der Waals surface area contributed by atoms with Gasteiger partial charge in [-0.15, -0.1) is 0 Å². The third-order valence-electron chi connectivity index (χ3n) is 4.61. The van der Waals surface area contributed by atoms with Crippen LogP contribution in [-0.2, 0) is 0 Å². The summed E-state index contributed by atoms with van der Waals surface area (Å²) >= 11 is 6.40. The Labute approximate surface area is 151 Å². The molecule has 1 aromatic carbocycles. The topological polar surface area (TPSA) is 39.4 Å². The van der Waals surface area contributed by atoms with Crippen LogP contribution in [0.25, 0.3) is 0 Å². The Morgan fingerprint density at radius 1 is 1.25 bits per heavy atom. The smallest absolute Gasteiger partial charge is 0.0666 e.